The third-order valence-corrected chi connectivity index (χ3v) is 6.19. The first kappa shape index (κ1) is 12.9. The van der Waals surface area contributed by atoms with Crippen LogP contribution in [0.3, 0.4) is 0 Å². The summed E-state index contributed by atoms with van der Waals surface area (Å²) in [6.07, 6.45) is 6.27. The molecule has 1 fully saturated rings. The predicted molar refractivity (Wildman–Crippen MR) is 78.5 cm³/mol. The van der Waals surface area contributed by atoms with Crippen molar-refractivity contribution in [3.63, 3.8) is 0 Å². The van der Waals surface area contributed by atoms with Crippen molar-refractivity contribution in [1.82, 2.24) is 5.32 Å². The minimum absolute atomic E-state index is 0.488. The highest BCUT2D eigenvalue weighted by molar-refractivity contribution is 9.10. The van der Waals surface area contributed by atoms with E-state index in [9.17, 15) is 0 Å². The maximum atomic E-state index is 3.75. The summed E-state index contributed by atoms with van der Waals surface area (Å²) in [5.74, 6) is 0. The van der Waals surface area contributed by atoms with Gasteiger partial charge in [0.2, 0.25) is 0 Å². The van der Waals surface area contributed by atoms with E-state index >= 15 is 0 Å². The van der Waals surface area contributed by atoms with E-state index in [0.717, 1.165) is 5.25 Å². The SMILES string of the molecule is CSC1CCC(NC(C)c2cc(Br)cs2)C1. The Morgan fingerprint density at radius 1 is 1.56 bits per heavy atom. The molecule has 2 rings (SSSR count). The van der Waals surface area contributed by atoms with Crippen molar-refractivity contribution in [3.05, 3.63) is 20.8 Å². The number of thioether (sulfide) groups is 1. The molecular weight excluding hydrogens is 302 g/mol. The van der Waals surface area contributed by atoms with E-state index in [1.54, 1.807) is 0 Å². The molecule has 0 aromatic carbocycles. The molecule has 0 amide bonds. The first-order valence-corrected chi connectivity index (χ1v) is 8.68. The molecule has 0 saturated heterocycles. The van der Waals surface area contributed by atoms with Gasteiger partial charge in [-0.3, -0.25) is 0 Å². The van der Waals surface area contributed by atoms with E-state index in [1.807, 2.05) is 23.1 Å². The van der Waals surface area contributed by atoms with Crippen LogP contribution in [0.5, 0.6) is 0 Å². The van der Waals surface area contributed by atoms with Crippen molar-refractivity contribution < 1.29 is 0 Å². The van der Waals surface area contributed by atoms with E-state index in [2.05, 4.69) is 45.9 Å². The fourth-order valence-corrected chi connectivity index (χ4v) is 4.56. The number of hydrogen-bond acceptors (Lipinski definition) is 3. The highest BCUT2D eigenvalue weighted by Crippen LogP contribution is 2.31. The van der Waals surface area contributed by atoms with Crippen molar-refractivity contribution in [2.45, 2.75) is 43.5 Å². The molecule has 1 heterocycles. The summed E-state index contributed by atoms with van der Waals surface area (Å²) in [6.45, 7) is 2.27. The van der Waals surface area contributed by atoms with Gasteiger partial charge in [-0.2, -0.15) is 11.8 Å². The normalized spacial score (nSPS) is 27.2. The average Bonchev–Trinajstić information content (AvgIpc) is 2.87. The van der Waals surface area contributed by atoms with Crippen LogP contribution in [0, 0.1) is 0 Å². The maximum Gasteiger partial charge on any atom is 0.0388 e. The largest absolute Gasteiger partial charge is 0.307 e. The molecule has 0 spiro atoms. The zero-order valence-electron chi connectivity index (χ0n) is 9.70. The Balaban J connectivity index is 1.86. The van der Waals surface area contributed by atoms with Gasteiger partial charge < -0.3 is 5.32 Å². The zero-order valence-corrected chi connectivity index (χ0v) is 12.9. The number of thiophene rings is 1. The minimum Gasteiger partial charge on any atom is -0.307 e. The summed E-state index contributed by atoms with van der Waals surface area (Å²) in [5.41, 5.74) is 0. The van der Waals surface area contributed by atoms with Crippen LogP contribution in [0.25, 0.3) is 0 Å². The predicted octanol–water partition coefficient (Wildman–Crippen LogP) is 4.45. The van der Waals surface area contributed by atoms with Crippen LogP contribution < -0.4 is 5.32 Å². The fourth-order valence-electron chi connectivity index (χ4n) is 2.30. The van der Waals surface area contributed by atoms with E-state index in [0.29, 0.717) is 12.1 Å². The molecule has 3 unspecified atom stereocenters. The van der Waals surface area contributed by atoms with Crippen molar-refractivity contribution in [2.24, 2.45) is 0 Å². The van der Waals surface area contributed by atoms with Gasteiger partial charge in [0.1, 0.15) is 0 Å². The highest BCUT2D eigenvalue weighted by Gasteiger charge is 2.25. The van der Waals surface area contributed by atoms with Crippen LogP contribution in [0.4, 0.5) is 0 Å². The quantitative estimate of drug-likeness (QED) is 0.880. The monoisotopic (exact) mass is 319 g/mol. The van der Waals surface area contributed by atoms with Crippen molar-refractivity contribution in [3.8, 4) is 0 Å². The molecule has 0 aliphatic heterocycles. The Bertz CT molecular complexity index is 340. The Morgan fingerprint density at radius 2 is 2.38 bits per heavy atom. The minimum atomic E-state index is 0.488. The first-order valence-electron chi connectivity index (χ1n) is 5.72. The number of halogens is 1. The van der Waals surface area contributed by atoms with Crippen molar-refractivity contribution in [2.75, 3.05) is 6.26 Å². The second kappa shape index (κ2) is 5.89. The van der Waals surface area contributed by atoms with E-state index in [1.165, 1.54) is 28.6 Å². The first-order chi connectivity index (χ1) is 7.69. The van der Waals surface area contributed by atoms with Crippen LogP contribution in [-0.4, -0.2) is 17.5 Å². The highest BCUT2D eigenvalue weighted by atomic mass is 79.9. The molecule has 90 valence electrons. The Morgan fingerprint density at radius 3 is 2.94 bits per heavy atom. The maximum absolute atomic E-state index is 3.75. The second-order valence-corrected chi connectivity index (χ2v) is 7.42. The van der Waals surface area contributed by atoms with Gasteiger partial charge in [-0.25, -0.2) is 0 Å². The molecule has 1 aliphatic carbocycles. The summed E-state index contributed by atoms with van der Waals surface area (Å²) < 4.78 is 1.20. The van der Waals surface area contributed by atoms with Gasteiger partial charge in [-0.15, -0.1) is 11.3 Å². The van der Waals surface area contributed by atoms with Crippen LogP contribution in [0.15, 0.2) is 15.9 Å². The van der Waals surface area contributed by atoms with E-state index in [4.69, 9.17) is 0 Å². The lowest BCUT2D eigenvalue weighted by Crippen LogP contribution is -2.29. The number of rotatable bonds is 4. The van der Waals surface area contributed by atoms with Crippen LogP contribution in [0.2, 0.25) is 0 Å². The smallest absolute Gasteiger partial charge is 0.0388 e. The number of nitrogens with one attached hydrogen (secondary N) is 1. The zero-order chi connectivity index (χ0) is 11.5. The van der Waals surface area contributed by atoms with E-state index < -0.39 is 0 Å². The summed E-state index contributed by atoms with van der Waals surface area (Å²) in [5, 5.41) is 6.78. The molecule has 1 saturated carbocycles. The van der Waals surface area contributed by atoms with Crippen molar-refractivity contribution in [1.29, 1.82) is 0 Å². The van der Waals surface area contributed by atoms with Crippen LogP contribution in [0.1, 0.15) is 37.1 Å². The summed E-state index contributed by atoms with van der Waals surface area (Å²) >= 11 is 7.36. The van der Waals surface area contributed by atoms with Gasteiger partial charge in [0.25, 0.3) is 0 Å². The van der Waals surface area contributed by atoms with Crippen molar-refractivity contribution >= 4 is 39.0 Å². The Hall–Kier alpha value is 0.490. The fraction of sp³-hybridized carbons (Fsp3) is 0.667. The van der Waals surface area contributed by atoms with Gasteiger partial charge in [0.15, 0.2) is 0 Å². The molecule has 4 heteroatoms. The molecule has 1 aliphatic rings. The summed E-state index contributed by atoms with van der Waals surface area (Å²) in [4.78, 5) is 1.43. The number of hydrogen-bond donors (Lipinski definition) is 1. The standard InChI is InChI=1S/C12H18BrNS2/c1-8(12-5-9(13)7-16-12)14-10-3-4-11(6-10)15-2/h5,7-8,10-11,14H,3-4,6H2,1-2H3. The van der Waals surface area contributed by atoms with Gasteiger partial charge >= 0.3 is 0 Å². The molecular formula is C12H18BrNS2. The van der Waals surface area contributed by atoms with Gasteiger partial charge in [-0.1, -0.05) is 0 Å². The Kier molecular flexibility index (Phi) is 4.76. The average molecular weight is 320 g/mol. The van der Waals surface area contributed by atoms with Crippen LogP contribution in [-0.2, 0) is 0 Å². The Labute approximate surface area is 115 Å². The molecule has 0 radical (unpaired) electrons. The summed E-state index contributed by atoms with van der Waals surface area (Å²) in [7, 11) is 0. The molecule has 3 atom stereocenters. The lowest BCUT2D eigenvalue weighted by molar-refractivity contribution is 0.466. The lowest BCUT2D eigenvalue weighted by atomic mass is 10.2. The lowest BCUT2D eigenvalue weighted by Gasteiger charge is -2.18. The summed E-state index contributed by atoms with van der Waals surface area (Å²) in [6, 6.07) is 3.43. The second-order valence-electron chi connectivity index (χ2n) is 4.42. The molecule has 1 aromatic rings. The molecule has 1 nitrogen and oxygen atoms in total. The van der Waals surface area contributed by atoms with Crippen LogP contribution >= 0.6 is 39.0 Å². The molecule has 1 N–H and O–H groups in total. The molecule has 16 heavy (non-hydrogen) atoms. The molecule has 1 aromatic heterocycles. The van der Waals surface area contributed by atoms with Gasteiger partial charge in [0.05, 0.1) is 0 Å². The van der Waals surface area contributed by atoms with E-state index in [-0.39, 0.29) is 0 Å². The van der Waals surface area contributed by atoms with Gasteiger partial charge in [0, 0.05) is 32.1 Å². The third kappa shape index (κ3) is 3.25. The molecule has 0 bridgehead atoms. The van der Waals surface area contributed by atoms with Gasteiger partial charge in [-0.05, 0) is 54.4 Å². The third-order valence-electron chi connectivity index (χ3n) is 3.22. The topological polar surface area (TPSA) is 12.0 Å².